The van der Waals surface area contributed by atoms with Crippen molar-refractivity contribution in [1.29, 1.82) is 0 Å². The summed E-state index contributed by atoms with van der Waals surface area (Å²) in [5, 5.41) is 0. The van der Waals surface area contributed by atoms with Gasteiger partial charge in [0.15, 0.2) is 0 Å². The average Bonchev–Trinajstić information content (AvgIpc) is 2.45. The van der Waals surface area contributed by atoms with Crippen LogP contribution in [0.2, 0.25) is 0 Å². The van der Waals surface area contributed by atoms with E-state index in [1.54, 1.807) is 6.92 Å². The van der Waals surface area contributed by atoms with Crippen LogP contribution in [0.25, 0.3) is 0 Å². The molecule has 1 aromatic rings. The lowest BCUT2D eigenvalue weighted by atomic mass is 9.60. The molecule has 1 atom stereocenters. The van der Waals surface area contributed by atoms with E-state index in [9.17, 15) is 9.59 Å². The van der Waals surface area contributed by atoms with Crippen LogP contribution < -0.4 is 0 Å². The first-order chi connectivity index (χ1) is 10.7. The maximum atomic E-state index is 12.9. The Morgan fingerprint density at radius 2 is 1.78 bits per heavy atom. The molecule has 0 spiro atoms. The lowest BCUT2D eigenvalue weighted by Crippen LogP contribution is -2.49. The van der Waals surface area contributed by atoms with Crippen molar-refractivity contribution in [3.05, 3.63) is 47.0 Å². The second-order valence-corrected chi connectivity index (χ2v) is 6.77. The summed E-state index contributed by atoms with van der Waals surface area (Å²) >= 11 is 0. The highest BCUT2D eigenvalue weighted by molar-refractivity contribution is 6.01. The summed E-state index contributed by atoms with van der Waals surface area (Å²) in [5.74, 6) is -0.665. The molecule has 0 aromatic heterocycles. The van der Waals surface area contributed by atoms with Crippen molar-refractivity contribution in [2.24, 2.45) is 0 Å². The van der Waals surface area contributed by atoms with Gasteiger partial charge in [-0.3, -0.25) is 4.79 Å². The standard InChI is InChI=1S/C19H24O4/c1-6-22-16(20)15-12-19(13(15)2,14-10-8-7-9-11-14)17(21)23-18(3,4)5/h7-11H,6,12H2,1-5H3. The van der Waals surface area contributed by atoms with Gasteiger partial charge in [0.1, 0.15) is 11.0 Å². The average molecular weight is 316 g/mol. The van der Waals surface area contributed by atoms with E-state index in [4.69, 9.17) is 9.47 Å². The molecule has 0 bridgehead atoms. The Kier molecular flexibility index (Phi) is 4.64. The molecule has 4 nitrogen and oxygen atoms in total. The fourth-order valence-electron chi connectivity index (χ4n) is 2.87. The zero-order chi connectivity index (χ0) is 17.3. The molecule has 0 saturated carbocycles. The van der Waals surface area contributed by atoms with Gasteiger partial charge in [0, 0.05) is 12.0 Å². The predicted molar refractivity (Wildman–Crippen MR) is 87.9 cm³/mol. The van der Waals surface area contributed by atoms with Gasteiger partial charge in [0.05, 0.1) is 6.61 Å². The van der Waals surface area contributed by atoms with Crippen LogP contribution >= 0.6 is 0 Å². The smallest absolute Gasteiger partial charge is 0.334 e. The van der Waals surface area contributed by atoms with Crippen LogP contribution in [0.3, 0.4) is 0 Å². The monoisotopic (exact) mass is 316 g/mol. The van der Waals surface area contributed by atoms with Gasteiger partial charge in [-0.15, -0.1) is 0 Å². The third kappa shape index (κ3) is 3.16. The number of hydrogen-bond donors (Lipinski definition) is 0. The molecule has 1 aromatic carbocycles. The van der Waals surface area contributed by atoms with Gasteiger partial charge >= 0.3 is 11.9 Å². The lowest BCUT2D eigenvalue weighted by Gasteiger charge is -2.43. The Bertz CT molecular complexity index is 637. The van der Waals surface area contributed by atoms with E-state index in [0.717, 1.165) is 11.1 Å². The molecule has 1 aliphatic rings. The van der Waals surface area contributed by atoms with Gasteiger partial charge in [0.25, 0.3) is 0 Å². The van der Waals surface area contributed by atoms with Crippen molar-refractivity contribution < 1.29 is 19.1 Å². The summed E-state index contributed by atoms with van der Waals surface area (Å²) in [5.41, 5.74) is 0.660. The summed E-state index contributed by atoms with van der Waals surface area (Å²) in [6.07, 6.45) is 0.316. The first-order valence-electron chi connectivity index (χ1n) is 7.88. The maximum absolute atomic E-state index is 12.9. The van der Waals surface area contributed by atoms with Gasteiger partial charge in [0.2, 0.25) is 0 Å². The normalized spacial score (nSPS) is 20.7. The molecule has 2 rings (SSSR count). The van der Waals surface area contributed by atoms with Gasteiger partial charge in [-0.25, -0.2) is 4.79 Å². The molecule has 0 saturated heterocycles. The molecule has 0 heterocycles. The molecule has 0 fully saturated rings. The molecule has 23 heavy (non-hydrogen) atoms. The van der Waals surface area contributed by atoms with E-state index in [0.29, 0.717) is 18.6 Å². The number of benzene rings is 1. The van der Waals surface area contributed by atoms with E-state index >= 15 is 0 Å². The summed E-state index contributed by atoms with van der Waals surface area (Å²) in [4.78, 5) is 24.9. The number of rotatable bonds is 4. The topological polar surface area (TPSA) is 52.6 Å². The van der Waals surface area contributed by atoms with Gasteiger partial charge in [-0.05, 0) is 45.8 Å². The van der Waals surface area contributed by atoms with Gasteiger partial charge in [-0.1, -0.05) is 30.3 Å². The summed E-state index contributed by atoms with van der Waals surface area (Å²) in [6, 6.07) is 9.47. The minimum atomic E-state index is -0.892. The number of hydrogen-bond acceptors (Lipinski definition) is 4. The van der Waals surface area contributed by atoms with E-state index < -0.39 is 11.0 Å². The van der Waals surface area contributed by atoms with Crippen molar-refractivity contribution in [2.75, 3.05) is 6.61 Å². The molecule has 0 amide bonds. The first-order valence-corrected chi connectivity index (χ1v) is 7.88. The third-order valence-electron chi connectivity index (χ3n) is 4.07. The van der Waals surface area contributed by atoms with E-state index in [1.165, 1.54) is 0 Å². The fourth-order valence-corrected chi connectivity index (χ4v) is 2.87. The molecular weight excluding hydrogens is 292 g/mol. The molecule has 1 unspecified atom stereocenters. The van der Waals surface area contributed by atoms with Crippen LogP contribution in [0.5, 0.6) is 0 Å². The van der Waals surface area contributed by atoms with Crippen LogP contribution in [0.15, 0.2) is 41.5 Å². The Hall–Kier alpha value is -2.10. The second-order valence-electron chi connectivity index (χ2n) is 6.77. The molecular formula is C19H24O4. The maximum Gasteiger partial charge on any atom is 0.334 e. The van der Waals surface area contributed by atoms with Gasteiger partial charge in [-0.2, -0.15) is 0 Å². The number of esters is 2. The highest BCUT2D eigenvalue weighted by Crippen LogP contribution is 2.50. The number of carbonyl (C=O) groups is 2. The van der Waals surface area contributed by atoms with Crippen LogP contribution in [-0.2, 0) is 24.5 Å². The Morgan fingerprint density at radius 1 is 1.17 bits per heavy atom. The molecule has 124 valence electrons. The van der Waals surface area contributed by atoms with E-state index in [-0.39, 0.29) is 11.9 Å². The largest absolute Gasteiger partial charge is 0.463 e. The number of carbonyl (C=O) groups excluding carboxylic acids is 2. The fraction of sp³-hybridized carbons (Fsp3) is 0.474. The Balaban J connectivity index is 2.45. The SMILES string of the molecule is CCOC(=O)C1=C(C)C(C(=O)OC(C)(C)C)(c2ccccc2)C1. The third-order valence-corrected chi connectivity index (χ3v) is 4.07. The van der Waals surface area contributed by atoms with Crippen LogP contribution in [-0.4, -0.2) is 24.1 Å². The molecule has 1 aliphatic carbocycles. The molecule has 0 radical (unpaired) electrons. The van der Waals surface area contributed by atoms with Crippen LogP contribution in [0, 0.1) is 0 Å². The van der Waals surface area contributed by atoms with E-state index in [1.807, 2.05) is 58.0 Å². The van der Waals surface area contributed by atoms with Crippen molar-refractivity contribution in [3.63, 3.8) is 0 Å². The summed E-state index contributed by atoms with van der Waals surface area (Å²) < 4.78 is 10.7. The highest BCUT2D eigenvalue weighted by atomic mass is 16.6. The molecule has 0 aliphatic heterocycles. The Labute approximate surface area is 137 Å². The van der Waals surface area contributed by atoms with Crippen LogP contribution in [0.4, 0.5) is 0 Å². The minimum absolute atomic E-state index is 0.316. The quantitative estimate of drug-likeness (QED) is 0.797. The summed E-state index contributed by atoms with van der Waals surface area (Å²) in [6.45, 7) is 9.42. The lowest BCUT2D eigenvalue weighted by molar-refractivity contribution is -0.162. The van der Waals surface area contributed by atoms with Crippen molar-refractivity contribution in [2.45, 2.75) is 52.1 Å². The van der Waals surface area contributed by atoms with Crippen molar-refractivity contribution >= 4 is 11.9 Å². The minimum Gasteiger partial charge on any atom is -0.463 e. The van der Waals surface area contributed by atoms with Crippen molar-refractivity contribution in [1.82, 2.24) is 0 Å². The van der Waals surface area contributed by atoms with Gasteiger partial charge < -0.3 is 9.47 Å². The zero-order valence-corrected chi connectivity index (χ0v) is 14.4. The second kappa shape index (κ2) is 6.19. The van der Waals surface area contributed by atoms with Crippen LogP contribution in [0.1, 0.15) is 46.6 Å². The predicted octanol–water partition coefficient (Wildman–Crippen LogP) is 3.55. The summed E-state index contributed by atoms with van der Waals surface area (Å²) in [7, 11) is 0. The Morgan fingerprint density at radius 3 is 2.26 bits per heavy atom. The van der Waals surface area contributed by atoms with Crippen molar-refractivity contribution in [3.8, 4) is 0 Å². The number of ether oxygens (including phenoxy) is 2. The first kappa shape index (κ1) is 17.3. The molecule has 4 heteroatoms. The highest BCUT2D eigenvalue weighted by Gasteiger charge is 2.54. The molecule has 0 N–H and O–H groups in total. The van der Waals surface area contributed by atoms with E-state index in [2.05, 4.69) is 0 Å². The zero-order valence-electron chi connectivity index (χ0n) is 14.4.